The Morgan fingerprint density at radius 3 is 2.84 bits per heavy atom. The number of fused-ring (bicyclic) bond motifs is 1. The van der Waals surface area contributed by atoms with Crippen LogP contribution in [0.25, 0.3) is 0 Å². The molecule has 1 fully saturated rings. The van der Waals surface area contributed by atoms with Gasteiger partial charge in [-0.15, -0.1) is 0 Å². The second kappa shape index (κ2) is 5.09. The molecule has 19 heavy (non-hydrogen) atoms. The van der Waals surface area contributed by atoms with Gasteiger partial charge in [-0.2, -0.15) is 0 Å². The van der Waals surface area contributed by atoms with Crippen molar-refractivity contribution in [3.05, 3.63) is 18.2 Å². The van der Waals surface area contributed by atoms with Gasteiger partial charge in [-0.25, -0.2) is 0 Å². The topological polar surface area (TPSA) is 44.8 Å². The Morgan fingerprint density at radius 1 is 1.32 bits per heavy atom. The van der Waals surface area contributed by atoms with Crippen LogP contribution in [0.5, 0.6) is 5.75 Å². The lowest BCUT2D eigenvalue weighted by Gasteiger charge is -2.33. The fourth-order valence-electron chi connectivity index (χ4n) is 2.66. The lowest BCUT2D eigenvalue weighted by Crippen LogP contribution is -2.44. The fourth-order valence-corrected chi connectivity index (χ4v) is 2.66. The van der Waals surface area contributed by atoms with E-state index in [1.807, 2.05) is 13.0 Å². The Bertz CT molecular complexity index is 484. The van der Waals surface area contributed by atoms with E-state index in [1.54, 1.807) is 4.90 Å². The van der Waals surface area contributed by atoms with Gasteiger partial charge in [0.15, 0.2) is 6.61 Å². The zero-order valence-corrected chi connectivity index (χ0v) is 11.2. The van der Waals surface area contributed by atoms with Gasteiger partial charge in [0.1, 0.15) is 5.75 Å². The van der Waals surface area contributed by atoms with E-state index in [1.165, 1.54) is 0 Å². The van der Waals surface area contributed by atoms with Crippen molar-refractivity contribution in [1.82, 2.24) is 5.32 Å². The van der Waals surface area contributed by atoms with E-state index in [0.717, 1.165) is 43.3 Å². The highest BCUT2D eigenvalue weighted by molar-refractivity contribution is 5.98. The highest BCUT2D eigenvalue weighted by atomic mass is 16.5. The number of hydrogen-bond donors (Lipinski definition) is 1. The fraction of sp³-hybridized carbons (Fsp3) is 0.500. The van der Waals surface area contributed by atoms with Crippen molar-refractivity contribution in [2.75, 3.05) is 49.1 Å². The smallest absolute Gasteiger partial charge is 0.265 e. The molecule has 0 aromatic heterocycles. The summed E-state index contributed by atoms with van der Waals surface area (Å²) in [5, 5.41) is 3.34. The number of nitrogens with one attached hydrogen (secondary N) is 1. The van der Waals surface area contributed by atoms with Crippen LogP contribution in [0.4, 0.5) is 11.4 Å². The number of carbonyl (C=O) groups excluding carboxylic acids is 1. The van der Waals surface area contributed by atoms with Gasteiger partial charge in [-0.05, 0) is 25.1 Å². The van der Waals surface area contributed by atoms with E-state index in [0.29, 0.717) is 6.54 Å². The number of benzene rings is 1. The summed E-state index contributed by atoms with van der Waals surface area (Å²) in [5.74, 6) is 0.841. The van der Waals surface area contributed by atoms with Gasteiger partial charge < -0.3 is 19.9 Å². The van der Waals surface area contributed by atoms with E-state index in [-0.39, 0.29) is 12.5 Å². The second-order valence-corrected chi connectivity index (χ2v) is 4.82. The first-order valence-corrected chi connectivity index (χ1v) is 6.82. The van der Waals surface area contributed by atoms with Crippen molar-refractivity contribution in [2.24, 2.45) is 0 Å². The number of likely N-dealkylation sites (N-methyl/N-ethyl adjacent to an activating group) is 1. The van der Waals surface area contributed by atoms with Gasteiger partial charge >= 0.3 is 0 Å². The molecule has 2 heterocycles. The Balaban J connectivity index is 1.92. The first-order valence-electron chi connectivity index (χ1n) is 6.82. The minimum atomic E-state index is 0.0347. The zero-order valence-electron chi connectivity index (χ0n) is 11.2. The van der Waals surface area contributed by atoms with E-state index >= 15 is 0 Å². The molecule has 1 amide bonds. The van der Waals surface area contributed by atoms with Crippen LogP contribution in [0.2, 0.25) is 0 Å². The molecule has 1 aromatic rings. The Morgan fingerprint density at radius 2 is 2.11 bits per heavy atom. The summed E-state index contributed by atoms with van der Waals surface area (Å²) in [5.41, 5.74) is 2.06. The molecule has 0 aliphatic carbocycles. The van der Waals surface area contributed by atoms with Gasteiger partial charge in [0.05, 0.1) is 5.69 Å². The molecule has 1 N–H and O–H groups in total. The lowest BCUT2D eigenvalue weighted by molar-refractivity contribution is -0.121. The number of ether oxygens (including phenoxy) is 1. The molecule has 1 saturated heterocycles. The van der Waals surface area contributed by atoms with Crippen LogP contribution in [-0.2, 0) is 4.79 Å². The van der Waals surface area contributed by atoms with Gasteiger partial charge in [0.25, 0.3) is 5.91 Å². The maximum atomic E-state index is 11.9. The van der Waals surface area contributed by atoms with Crippen LogP contribution in [0.1, 0.15) is 6.92 Å². The molecule has 0 radical (unpaired) electrons. The van der Waals surface area contributed by atoms with Crippen molar-refractivity contribution >= 4 is 17.3 Å². The molecule has 0 bridgehead atoms. The van der Waals surface area contributed by atoms with Gasteiger partial charge in [-0.3, -0.25) is 4.79 Å². The lowest BCUT2D eigenvalue weighted by atomic mass is 10.2. The number of anilines is 2. The number of piperazine rings is 1. The van der Waals surface area contributed by atoms with Crippen LogP contribution in [0.15, 0.2) is 18.2 Å². The Labute approximate surface area is 113 Å². The quantitative estimate of drug-likeness (QED) is 0.857. The summed E-state index contributed by atoms with van der Waals surface area (Å²) in [6.07, 6.45) is 0. The summed E-state index contributed by atoms with van der Waals surface area (Å²) < 4.78 is 5.49. The average Bonchev–Trinajstić information content (AvgIpc) is 2.47. The molecule has 1 aromatic carbocycles. The zero-order chi connectivity index (χ0) is 13.2. The summed E-state index contributed by atoms with van der Waals surface area (Å²) in [7, 11) is 0. The van der Waals surface area contributed by atoms with Gasteiger partial charge in [0, 0.05) is 38.4 Å². The highest BCUT2D eigenvalue weighted by Gasteiger charge is 2.25. The SMILES string of the molecule is CCN1C(=O)COc2ccc(N3CCNCC3)cc21. The summed E-state index contributed by atoms with van der Waals surface area (Å²) in [4.78, 5) is 16.0. The standard InChI is InChI=1S/C14H19N3O2/c1-2-17-12-9-11(16-7-5-15-6-8-16)3-4-13(12)19-10-14(17)18/h3-4,9,15H,2,5-8,10H2,1H3. The molecule has 5 nitrogen and oxygen atoms in total. The predicted octanol–water partition coefficient (Wildman–Crippen LogP) is 0.841. The third-order valence-corrected chi connectivity index (χ3v) is 3.68. The highest BCUT2D eigenvalue weighted by Crippen LogP contribution is 2.35. The maximum Gasteiger partial charge on any atom is 0.265 e. The van der Waals surface area contributed by atoms with Crippen LogP contribution >= 0.6 is 0 Å². The number of hydrogen-bond acceptors (Lipinski definition) is 4. The van der Waals surface area contributed by atoms with Crippen LogP contribution in [0.3, 0.4) is 0 Å². The van der Waals surface area contributed by atoms with Gasteiger partial charge in [-0.1, -0.05) is 0 Å². The van der Waals surface area contributed by atoms with Crippen molar-refractivity contribution in [3.8, 4) is 5.75 Å². The Hall–Kier alpha value is -1.75. The normalized spacial score (nSPS) is 19.1. The van der Waals surface area contributed by atoms with E-state index in [4.69, 9.17) is 4.74 Å². The van der Waals surface area contributed by atoms with Crippen molar-refractivity contribution in [3.63, 3.8) is 0 Å². The van der Waals surface area contributed by atoms with Crippen molar-refractivity contribution < 1.29 is 9.53 Å². The largest absolute Gasteiger partial charge is 0.482 e. The van der Waals surface area contributed by atoms with Crippen LogP contribution < -0.4 is 19.9 Å². The maximum absolute atomic E-state index is 11.9. The van der Waals surface area contributed by atoms with Crippen LogP contribution in [-0.4, -0.2) is 45.2 Å². The molecule has 2 aliphatic rings. The van der Waals surface area contributed by atoms with E-state index in [9.17, 15) is 4.79 Å². The molecule has 0 unspecified atom stereocenters. The predicted molar refractivity (Wildman–Crippen MR) is 75.0 cm³/mol. The number of nitrogens with zero attached hydrogens (tertiary/aromatic N) is 2. The molecular weight excluding hydrogens is 242 g/mol. The first kappa shape index (κ1) is 12.3. The Kier molecular flexibility index (Phi) is 3.29. The van der Waals surface area contributed by atoms with Crippen molar-refractivity contribution in [1.29, 1.82) is 0 Å². The summed E-state index contributed by atoms with van der Waals surface area (Å²) in [6, 6.07) is 6.12. The molecule has 5 heteroatoms. The summed E-state index contributed by atoms with van der Waals surface area (Å²) >= 11 is 0. The van der Waals surface area contributed by atoms with Gasteiger partial charge in [0.2, 0.25) is 0 Å². The number of carbonyl (C=O) groups is 1. The average molecular weight is 261 g/mol. The number of rotatable bonds is 2. The minimum Gasteiger partial charge on any atom is -0.482 e. The minimum absolute atomic E-state index is 0.0347. The van der Waals surface area contributed by atoms with E-state index in [2.05, 4.69) is 22.3 Å². The molecule has 0 saturated carbocycles. The molecule has 2 aliphatic heterocycles. The molecule has 3 rings (SSSR count). The second-order valence-electron chi connectivity index (χ2n) is 4.82. The third kappa shape index (κ3) is 2.26. The number of amides is 1. The molecule has 0 spiro atoms. The molecule has 102 valence electrons. The van der Waals surface area contributed by atoms with Crippen molar-refractivity contribution in [2.45, 2.75) is 6.92 Å². The third-order valence-electron chi connectivity index (χ3n) is 3.68. The monoisotopic (exact) mass is 261 g/mol. The first-order chi connectivity index (χ1) is 9.29. The molecular formula is C14H19N3O2. The molecule has 0 atom stereocenters. The van der Waals surface area contributed by atoms with Crippen LogP contribution in [0, 0.1) is 0 Å². The van der Waals surface area contributed by atoms with E-state index < -0.39 is 0 Å². The summed E-state index contributed by atoms with van der Waals surface area (Å²) in [6.45, 7) is 6.83.